The standard InChI is InChI=1S/C28H32NO/c1-7-27(5)22-14-13-21-20-11-9-10-12-24(20)30-26(21)25(22)23-17-19(18(3)4)15-16-29(23)28(27,6)8-2/h9-18H,7-8H2,1-6H3/q+1. The molecular weight excluding hydrogens is 366 g/mol. The van der Waals surface area contributed by atoms with Gasteiger partial charge in [-0.1, -0.05) is 58.0 Å². The Morgan fingerprint density at radius 3 is 2.40 bits per heavy atom. The predicted octanol–water partition coefficient (Wildman–Crippen LogP) is 7.47. The molecule has 2 heteroatoms. The summed E-state index contributed by atoms with van der Waals surface area (Å²) >= 11 is 0. The lowest BCUT2D eigenvalue weighted by molar-refractivity contribution is -0.765. The summed E-state index contributed by atoms with van der Waals surface area (Å²) in [6.45, 7) is 14.1. The number of nitrogens with zero attached hydrogens (tertiary/aromatic N) is 1. The molecule has 3 heterocycles. The second-order valence-electron chi connectivity index (χ2n) is 9.65. The smallest absolute Gasteiger partial charge is 0.217 e. The van der Waals surface area contributed by atoms with Gasteiger partial charge in [-0.3, -0.25) is 0 Å². The first-order valence-electron chi connectivity index (χ1n) is 11.4. The van der Waals surface area contributed by atoms with E-state index in [0.29, 0.717) is 5.92 Å². The minimum atomic E-state index is -0.000709. The van der Waals surface area contributed by atoms with Gasteiger partial charge < -0.3 is 4.42 Å². The average molecular weight is 399 g/mol. The predicted molar refractivity (Wildman–Crippen MR) is 125 cm³/mol. The third-order valence-electron chi connectivity index (χ3n) is 8.16. The Morgan fingerprint density at radius 1 is 0.933 bits per heavy atom. The van der Waals surface area contributed by atoms with Crippen molar-refractivity contribution in [3.05, 3.63) is 65.9 Å². The quantitative estimate of drug-likeness (QED) is 0.327. The van der Waals surface area contributed by atoms with Crippen molar-refractivity contribution in [1.29, 1.82) is 0 Å². The summed E-state index contributed by atoms with van der Waals surface area (Å²) in [4.78, 5) is 0. The van der Waals surface area contributed by atoms with Crippen LogP contribution in [0.15, 0.2) is 59.1 Å². The summed E-state index contributed by atoms with van der Waals surface area (Å²) in [6.07, 6.45) is 4.48. The molecular formula is C28H32NO+. The van der Waals surface area contributed by atoms with Crippen LogP contribution in [0.2, 0.25) is 0 Å². The molecule has 2 unspecified atom stereocenters. The lowest BCUT2D eigenvalue weighted by Gasteiger charge is -2.46. The second kappa shape index (κ2) is 6.44. The molecule has 154 valence electrons. The number of fused-ring (bicyclic) bond motifs is 7. The number of hydrogen-bond acceptors (Lipinski definition) is 1. The molecule has 0 saturated heterocycles. The van der Waals surface area contributed by atoms with Gasteiger partial charge in [0.15, 0.2) is 11.7 Å². The summed E-state index contributed by atoms with van der Waals surface area (Å²) in [5, 5.41) is 2.41. The molecule has 1 aliphatic heterocycles. The third kappa shape index (κ3) is 2.28. The van der Waals surface area contributed by atoms with Crippen LogP contribution < -0.4 is 4.57 Å². The van der Waals surface area contributed by atoms with E-state index in [0.717, 1.165) is 24.0 Å². The molecule has 4 aromatic rings. The van der Waals surface area contributed by atoms with Crippen LogP contribution in [0.5, 0.6) is 0 Å². The van der Waals surface area contributed by atoms with Gasteiger partial charge in [0, 0.05) is 36.2 Å². The Bertz CT molecular complexity index is 1280. The van der Waals surface area contributed by atoms with E-state index in [4.69, 9.17) is 4.42 Å². The molecule has 0 saturated carbocycles. The maximum Gasteiger partial charge on any atom is 0.217 e. The van der Waals surface area contributed by atoms with Crippen molar-refractivity contribution in [2.45, 2.75) is 71.3 Å². The van der Waals surface area contributed by atoms with Crippen LogP contribution in [-0.2, 0) is 11.0 Å². The number of hydrogen-bond donors (Lipinski definition) is 0. The van der Waals surface area contributed by atoms with Crippen LogP contribution in [0.4, 0.5) is 0 Å². The van der Waals surface area contributed by atoms with Crippen LogP contribution in [0.25, 0.3) is 33.2 Å². The SMILES string of the molecule is CCC1(C)c2ccc3c(oc4ccccc43)c2-c2cc(C(C)C)cc[n+]2C1(C)CC. The summed E-state index contributed by atoms with van der Waals surface area (Å²) in [5.41, 5.74) is 7.37. The minimum absolute atomic E-state index is 0.000709. The summed E-state index contributed by atoms with van der Waals surface area (Å²) in [7, 11) is 0. The van der Waals surface area contributed by atoms with Crippen molar-refractivity contribution in [3.8, 4) is 11.3 Å². The van der Waals surface area contributed by atoms with Crippen LogP contribution in [0.3, 0.4) is 0 Å². The first kappa shape index (κ1) is 19.4. The lowest BCUT2D eigenvalue weighted by atomic mass is 9.60. The lowest BCUT2D eigenvalue weighted by Crippen LogP contribution is -2.67. The van der Waals surface area contributed by atoms with E-state index >= 15 is 0 Å². The van der Waals surface area contributed by atoms with E-state index < -0.39 is 0 Å². The molecule has 0 spiro atoms. The van der Waals surface area contributed by atoms with E-state index in [1.807, 2.05) is 0 Å². The van der Waals surface area contributed by atoms with Crippen LogP contribution in [0, 0.1) is 0 Å². The minimum Gasteiger partial charge on any atom is -0.455 e. The van der Waals surface area contributed by atoms with Gasteiger partial charge in [0.1, 0.15) is 11.2 Å². The molecule has 0 aliphatic carbocycles. The molecule has 2 nitrogen and oxygen atoms in total. The number of furan rings is 1. The van der Waals surface area contributed by atoms with Crippen LogP contribution >= 0.6 is 0 Å². The van der Waals surface area contributed by atoms with E-state index in [-0.39, 0.29) is 11.0 Å². The third-order valence-corrected chi connectivity index (χ3v) is 8.16. The fraction of sp³-hybridized carbons (Fsp3) is 0.393. The monoisotopic (exact) mass is 398 g/mol. The Hall–Kier alpha value is -2.61. The van der Waals surface area contributed by atoms with E-state index in [2.05, 4.69) is 101 Å². The molecule has 2 aromatic heterocycles. The summed E-state index contributed by atoms with van der Waals surface area (Å²) in [5.74, 6) is 0.488. The van der Waals surface area contributed by atoms with Gasteiger partial charge in [-0.2, -0.15) is 4.57 Å². The van der Waals surface area contributed by atoms with Crippen LogP contribution in [0.1, 0.15) is 71.4 Å². The highest BCUT2D eigenvalue weighted by atomic mass is 16.3. The number of pyridine rings is 1. The highest BCUT2D eigenvalue weighted by Gasteiger charge is 2.57. The zero-order chi connectivity index (χ0) is 21.3. The van der Waals surface area contributed by atoms with E-state index in [1.165, 1.54) is 33.2 Å². The van der Waals surface area contributed by atoms with Gasteiger partial charge in [-0.05, 0) is 36.5 Å². The maximum absolute atomic E-state index is 6.53. The van der Waals surface area contributed by atoms with Crippen molar-refractivity contribution >= 4 is 21.9 Å². The number of rotatable bonds is 3. The van der Waals surface area contributed by atoms with Crippen LogP contribution in [-0.4, -0.2) is 0 Å². The molecule has 30 heavy (non-hydrogen) atoms. The Morgan fingerprint density at radius 2 is 1.70 bits per heavy atom. The van der Waals surface area contributed by atoms with Crippen molar-refractivity contribution in [2.24, 2.45) is 0 Å². The van der Waals surface area contributed by atoms with Crippen molar-refractivity contribution in [2.75, 3.05) is 0 Å². The summed E-state index contributed by atoms with van der Waals surface area (Å²) in [6, 6.07) is 17.8. The Balaban J connectivity index is 1.98. The highest BCUT2D eigenvalue weighted by Crippen LogP contribution is 2.52. The molecule has 2 aromatic carbocycles. The van der Waals surface area contributed by atoms with Crippen molar-refractivity contribution < 1.29 is 8.98 Å². The molecule has 0 fully saturated rings. The first-order valence-corrected chi connectivity index (χ1v) is 11.4. The van der Waals surface area contributed by atoms with Gasteiger partial charge in [0.25, 0.3) is 0 Å². The molecule has 2 atom stereocenters. The molecule has 0 N–H and O–H groups in total. The number of aromatic nitrogens is 1. The average Bonchev–Trinajstić information content (AvgIpc) is 3.15. The van der Waals surface area contributed by atoms with Gasteiger partial charge in [0.05, 0.1) is 11.0 Å². The van der Waals surface area contributed by atoms with Crippen molar-refractivity contribution in [3.63, 3.8) is 0 Å². The zero-order valence-electron chi connectivity index (χ0n) is 19.0. The number of para-hydroxylation sites is 1. The van der Waals surface area contributed by atoms with Gasteiger partial charge in [0.2, 0.25) is 5.69 Å². The fourth-order valence-corrected chi connectivity index (χ4v) is 5.69. The summed E-state index contributed by atoms with van der Waals surface area (Å²) < 4.78 is 9.07. The van der Waals surface area contributed by atoms with Gasteiger partial charge >= 0.3 is 0 Å². The molecule has 0 bridgehead atoms. The Kier molecular flexibility index (Phi) is 4.16. The molecule has 0 amide bonds. The van der Waals surface area contributed by atoms with E-state index in [1.54, 1.807) is 0 Å². The Labute approximate surface area is 179 Å². The molecule has 1 aliphatic rings. The molecule has 0 radical (unpaired) electrons. The number of benzene rings is 2. The highest BCUT2D eigenvalue weighted by molar-refractivity contribution is 6.10. The fourth-order valence-electron chi connectivity index (χ4n) is 5.69. The zero-order valence-corrected chi connectivity index (χ0v) is 19.0. The normalized spacial score (nSPS) is 23.2. The largest absolute Gasteiger partial charge is 0.455 e. The van der Waals surface area contributed by atoms with Crippen molar-refractivity contribution in [1.82, 2.24) is 0 Å². The van der Waals surface area contributed by atoms with Gasteiger partial charge in [-0.25, -0.2) is 0 Å². The topological polar surface area (TPSA) is 17.0 Å². The second-order valence-corrected chi connectivity index (χ2v) is 9.65. The van der Waals surface area contributed by atoms with E-state index in [9.17, 15) is 0 Å². The maximum atomic E-state index is 6.53. The molecule has 5 rings (SSSR count). The first-order chi connectivity index (χ1) is 14.4. The van der Waals surface area contributed by atoms with Gasteiger partial charge in [-0.15, -0.1) is 0 Å².